The van der Waals surface area contributed by atoms with E-state index < -0.39 is 44.6 Å². The average Bonchev–Trinajstić information content (AvgIpc) is 2.69. The monoisotopic (exact) mass is 494 g/mol. The van der Waals surface area contributed by atoms with Crippen LogP contribution < -0.4 is 10.1 Å². The van der Waals surface area contributed by atoms with Crippen LogP contribution in [0.5, 0.6) is 11.6 Å². The molecule has 180 valence electrons. The Bertz CT molecular complexity index is 1370. The lowest BCUT2D eigenvalue weighted by Gasteiger charge is -2.17. The quantitative estimate of drug-likeness (QED) is 0.553. The summed E-state index contributed by atoms with van der Waals surface area (Å²) in [5.41, 5.74) is -0.476. The zero-order chi connectivity index (χ0) is 25.4. The van der Waals surface area contributed by atoms with E-state index in [4.69, 9.17) is 4.74 Å². The lowest BCUT2D eigenvalue weighted by Crippen LogP contribution is -2.21. The number of rotatable bonds is 5. The van der Waals surface area contributed by atoms with E-state index in [2.05, 4.69) is 20.5 Å². The molecular weight excluding hydrogens is 473 g/mol. The fourth-order valence-electron chi connectivity index (χ4n) is 3.37. The van der Waals surface area contributed by atoms with Gasteiger partial charge < -0.3 is 10.1 Å². The Balaban J connectivity index is 2.11. The summed E-state index contributed by atoms with van der Waals surface area (Å²) in [6.07, 6.45) is -3.87. The lowest BCUT2D eigenvalue weighted by atomic mass is 10.1. The van der Waals surface area contributed by atoms with Crippen LogP contribution in [0.3, 0.4) is 0 Å². The smallest absolute Gasteiger partial charge is 0.435 e. The molecule has 0 radical (unpaired) electrons. The molecule has 3 aromatic rings. The number of benzene rings is 1. The number of halogens is 3. The molecule has 0 unspecified atom stereocenters. The number of hydrogen-bond acceptors (Lipinski definition) is 7. The maximum atomic E-state index is 13.5. The Morgan fingerprint density at radius 1 is 1.06 bits per heavy atom. The Morgan fingerprint density at radius 3 is 2.32 bits per heavy atom. The first-order valence-corrected chi connectivity index (χ1v) is 11.8. The van der Waals surface area contributed by atoms with E-state index in [1.165, 1.54) is 24.3 Å². The van der Waals surface area contributed by atoms with Gasteiger partial charge in [0, 0.05) is 17.6 Å². The number of nitrogens with one attached hydrogen (secondary N) is 1. The summed E-state index contributed by atoms with van der Waals surface area (Å²) in [7, 11) is -3.58. The maximum Gasteiger partial charge on any atom is 0.435 e. The first-order chi connectivity index (χ1) is 15.7. The van der Waals surface area contributed by atoms with E-state index in [0.29, 0.717) is 17.0 Å². The molecule has 0 spiro atoms. The molecule has 1 N–H and O–H groups in total. The molecule has 0 aliphatic heterocycles. The van der Waals surface area contributed by atoms with Gasteiger partial charge in [-0.2, -0.15) is 13.2 Å². The van der Waals surface area contributed by atoms with Crippen LogP contribution >= 0.6 is 0 Å². The first kappa shape index (κ1) is 25.1. The van der Waals surface area contributed by atoms with Gasteiger partial charge in [0.1, 0.15) is 5.56 Å². The van der Waals surface area contributed by atoms with Crippen molar-refractivity contribution in [2.24, 2.45) is 0 Å². The number of nitrogens with zero attached hydrogens (tertiary/aromatic N) is 3. The molecule has 1 amide bonds. The third kappa shape index (κ3) is 5.33. The summed E-state index contributed by atoms with van der Waals surface area (Å²) in [5, 5.41) is 9.21. The minimum atomic E-state index is -4.86. The number of sulfone groups is 1. The molecule has 0 aliphatic rings. The molecule has 34 heavy (non-hydrogen) atoms. The van der Waals surface area contributed by atoms with Crippen LogP contribution in [0.2, 0.25) is 0 Å². The molecule has 12 heteroatoms. The summed E-state index contributed by atoms with van der Waals surface area (Å²) in [4.78, 5) is 17.3. The number of hydrogen-bond donors (Lipinski definition) is 1. The number of anilines is 1. The van der Waals surface area contributed by atoms with Crippen LogP contribution in [-0.2, 0) is 16.0 Å². The predicted octanol–water partition coefficient (Wildman–Crippen LogP) is 4.57. The van der Waals surface area contributed by atoms with Crippen molar-refractivity contribution in [1.29, 1.82) is 0 Å². The van der Waals surface area contributed by atoms with Crippen LogP contribution in [-0.4, -0.2) is 35.8 Å². The maximum absolute atomic E-state index is 13.5. The molecule has 0 saturated carbocycles. The summed E-state index contributed by atoms with van der Waals surface area (Å²) in [6.45, 7) is 6.22. The number of aromatic nitrogens is 3. The first-order valence-electron chi connectivity index (χ1n) is 9.87. The summed E-state index contributed by atoms with van der Waals surface area (Å²) in [5.74, 6) is -1.19. The number of carbonyl (C=O) groups is 1. The minimum absolute atomic E-state index is 0.0630. The summed E-state index contributed by atoms with van der Waals surface area (Å²) in [6, 6.07) is 7.03. The molecule has 3 rings (SSSR count). The van der Waals surface area contributed by atoms with Gasteiger partial charge in [0.25, 0.3) is 11.8 Å². The van der Waals surface area contributed by atoms with Crippen LogP contribution in [0, 0.1) is 27.7 Å². The van der Waals surface area contributed by atoms with E-state index in [-0.39, 0.29) is 16.3 Å². The second-order valence-corrected chi connectivity index (χ2v) is 9.72. The molecule has 0 fully saturated rings. The zero-order valence-electron chi connectivity index (χ0n) is 18.9. The Morgan fingerprint density at radius 2 is 1.74 bits per heavy atom. The van der Waals surface area contributed by atoms with E-state index in [1.807, 2.05) is 0 Å². The van der Waals surface area contributed by atoms with Crippen LogP contribution in [0.25, 0.3) is 0 Å². The number of aryl methyl sites for hydroxylation is 3. The van der Waals surface area contributed by atoms with Gasteiger partial charge in [-0.25, -0.2) is 8.42 Å². The molecule has 1 aromatic carbocycles. The molecule has 8 nitrogen and oxygen atoms in total. The van der Waals surface area contributed by atoms with Gasteiger partial charge in [0.05, 0.1) is 10.6 Å². The van der Waals surface area contributed by atoms with Gasteiger partial charge in [0.15, 0.2) is 21.3 Å². The molecule has 2 heterocycles. The second-order valence-electron chi connectivity index (χ2n) is 7.70. The summed E-state index contributed by atoms with van der Waals surface area (Å²) >= 11 is 0. The van der Waals surface area contributed by atoms with Gasteiger partial charge in [-0.05, 0) is 63.1 Å². The van der Waals surface area contributed by atoms with Crippen molar-refractivity contribution in [3.05, 3.63) is 64.1 Å². The van der Waals surface area contributed by atoms with Crippen molar-refractivity contribution in [2.75, 3.05) is 11.6 Å². The Labute approximate surface area is 194 Å². The van der Waals surface area contributed by atoms with Crippen LogP contribution in [0.15, 0.2) is 35.2 Å². The highest BCUT2D eigenvalue weighted by atomic mass is 32.2. The SMILES string of the molecule is Cc1cc(C)c(Oc2nnc(C(F)(F)F)c(C)c2C(=O)Nc2cccc(S(C)(=O)=O)c2)c(C)n1. The van der Waals surface area contributed by atoms with E-state index in [1.54, 1.807) is 26.8 Å². The van der Waals surface area contributed by atoms with Gasteiger partial charge in [-0.15, -0.1) is 10.2 Å². The zero-order valence-corrected chi connectivity index (χ0v) is 19.7. The van der Waals surface area contributed by atoms with Crippen molar-refractivity contribution in [1.82, 2.24) is 15.2 Å². The Hall–Kier alpha value is -3.54. The van der Waals surface area contributed by atoms with E-state index >= 15 is 0 Å². The van der Waals surface area contributed by atoms with Gasteiger partial charge in [-0.1, -0.05) is 6.07 Å². The summed E-state index contributed by atoms with van der Waals surface area (Å²) < 4.78 is 69.8. The van der Waals surface area contributed by atoms with Crippen molar-refractivity contribution in [2.45, 2.75) is 38.8 Å². The van der Waals surface area contributed by atoms with Gasteiger partial charge in [0.2, 0.25) is 0 Å². The fourth-order valence-corrected chi connectivity index (χ4v) is 4.04. The fraction of sp³-hybridized carbons (Fsp3) is 0.273. The van der Waals surface area contributed by atoms with Crippen LogP contribution in [0.1, 0.15) is 38.6 Å². The largest absolute Gasteiger partial charge is 0.435 e. The van der Waals surface area contributed by atoms with Crippen molar-refractivity contribution in [3.63, 3.8) is 0 Å². The van der Waals surface area contributed by atoms with Crippen molar-refractivity contribution < 1.29 is 31.1 Å². The van der Waals surface area contributed by atoms with Crippen molar-refractivity contribution in [3.8, 4) is 11.6 Å². The normalized spacial score (nSPS) is 11.9. The van der Waals surface area contributed by atoms with Crippen LogP contribution in [0.4, 0.5) is 18.9 Å². The number of carbonyl (C=O) groups excluding carboxylic acids is 1. The average molecular weight is 494 g/mol. The Kier molecular flexibility index (Phi) is 6.65. The molecule has 2 aromatic heterocycles. The molecule has 0 aliphatic carbocycles. The number of alkyl halides is 3. The highest BCUT2D eigenvalue weighted by molar-refractivity contribution is 7.90. The highest BCUT2D eigenvalue weighted by Crippen LogP contribution is 2.36. The molecule has 0 atom stereocenters. The molecule has 0 saturated heterocycles. The van der Waals surface area contributed by atoms with E-state index in [9.17, 15) is 26.4 Å². The van der Waals surface area contributed by atoms with E-state index in [0.717, 1.165) is 13.2 Å². The van der Waals surface area contributed by atoms with Gasteiger partial charge >= 0.3 is 6.18 Å². The minimum Gasteiger partial charge on any atom is -0.435 e. The lowest BCUT2D eigenvalue weighted by molar-refractivity contribution is -0.142. The highest BCUT2D eigenvalue weighted by Gasteiger charge is 2.38. The number of pyridine rings is 1. The topological polar surface area (TPSA) is 111 Å². The molecular formula is C22H21F3N4O4S. The molecule has 0 bridgehead atoms. The third-order valence-electron chi connectivity index (χ3n) is 4.86. The number of ether oxygens (including phenoxy) is 1. The van der Waals surface area contributed by atoms with Crippen molar-refractivity contribution >= 4 is 21.4 Å². The second kappa shape index (κ2) is 9.01. The standard InChI is InChI=1S/C22H21F3N4O4S/c1-11-9-12(2)26-14(4)18(11)33-21-17(13(3)19(28-29-21)22(23,24)25)20(30)27-15-7-6-8-16(10-15)34(5,31)32/h6-10H,1-5H3,(H,27,30). The van der Waals surface area contributed by atoms with Gasteiger partial charge in [-0.3, -0.25) is 9.78 Å². The third-order valence-corrected chi connectivity index (χ3v) is 5.97. The predicted molar refractivity (Wildman–Crippen MR) is 118 cm³/mol. The number of amides is 1.